The Hall–Kier alpha value is -1.91. The number of hydrogen-bond acceptors (Lipinski definition) is 2. The Morgan fingerprint density at radius 1 is 1.42 bits per heavy atom. The minimum Gasteiger partial charge on any atom is -0.356 e. The molecule has 0 spiro atoms. The molecule has 0 unspecified atom stereocenters. The van der Waals surface area contributed by atoms with Gasteiger partial charge in [0.15, 0.2) is 0 Å². The molecule has 2 amide bonds. The monoisotopic (exact) mass is 264 g/mol. The third-order valence-electron chi connectivity index (χ3n) is 3.25. The van der Waals surface area contributed by atoms with E-state index in [1.165, 1.54) is 12.1 Å². The maximum absolute atomic E-state index is 12.8. The number of anilines is 1. The summed E-state index contributed by atoms with van der Waals surface area (Å²) in [6.45, 7) is 2.87. The highest BCUT2D eigenvalue weighted by Gasteiger charge is 2.30. The largest absolute Gasteiger partial charge is 0.356 e. The number of amides is 2. The molecule has 0 aliphatic carbocycles. The molecule has 102 valence electrons. The summed E-state index contributed by atoms with van der Waals surface area (Å²) in [5.41, 5.74) is 0.704. The molecule has 1 aromatic rings. The van der Waals surface area contributed by atoms with Crippen molar-refractivity contribution < 1.29 is 14.0 Å². The van der Waals surface area contributed by atoms with E-state index in [1.54, 1.807) is 24.0 Å². The van der Waals surface area contributed by atoms with Crippen molar-refractivity contribution in [2.75, 3.05) is 18.0 Å². The van der Waals surface area contributed by atoms with Crippen molar-refractivity contribution in [3.8, 4) is 0 Å². The van der Waals surface area contributed by atoms with E-state index < -0.39 is 0 Å². The molecule has 1 aliphatic heterocycles. The predicted octanol–water partition coefficient (Wildman–Crippen LogP) is 1.70. The molecule has 1 heterocycles. The maximum Gasteiger partial charge on any atom is 0.227 e. The van der Waals surface area contributed by atoms with Crippen LogP contribution in [0.4, 0.5) is 10.1 Å². The van der Waals surface area contributed by atoms with Crippen LogP contribution in [0.15, 0.2) is 24.3 Å². The summed E-state index contributed by atoms with van der Waals surface area (Å²) >= 11 is 0. The van der Waals surface area contributed by atoms with Crippen LogP contribution in [0.3, 0.4) is 0 Å². The zero-order chi connectivity index (χ0) is 13.8. The van der Waals surface area contributed by atoms with Gasteiger partial charge in [0, 0.05) is 37.5 Å². The molecule has 1 N–H and O–H groups in total. The molecule has 0 radical (unpaired) electrons. The molecule has 0 saturated carbocycles. The van der Waals surface area contributed by atoms with Gasteiger partial charge in [-0.2, -0.15) is 0 Å². The zero-order valence-corrected chi connectivity index (χ0v) is 10.9. The molecule has 0 aromatic heterocycles. The van der Waals surface area contributed by atoms with Crippen LogP contribution in [0.1, 0.15) is 19.8 Å². The third-order valence-corrected chi connectivity index (χ3v) is 3.25. The number of carbonyl (C=O) groups is 2. The first-order valence-electron chi connectivity index (χ1n) is 6.42. The second kappa shape index (κ2) is 5.82. The van der Waals surface area contributed by atoms with Gasteiger partial charge in [-0.05, 0) is 24.3 Å². The average molecular weight is 264 g/mol. The molecule has 2 rings (SSSR count). The SMILES string of the molecule is CCC(=O)NC[C@@H]1CC(=O)N(c2ccc(F)cc2)C1. The molecule has 4 nitrogen and oxygen atoms in total. The quantitative estimate of drug-likeness (QED) is 0.900. The highest BCUT2D eigenvalue weighted by Crippen LogP contribution is 2.24. The van der Waals surface area contributed by atoms with Gasteiger partial charge in [-0.3, -0.25) is 9.59 Å². The number of nitrogens with zero attached hydrogens (tertiary/aromatic N) is 1. The van der Waals surface area contributed by atoms with Crippen molar-refractivity contribution in [2.24, 2.45) is 5.92 Å². The van der Waals surface area contributed by atoms with E-state index in [-0.39, 0.29) is 23.5 Å². The lowest BCUT2D eigenvalue weighted by atomic mass is 10.1. The van der Waals surface area contributed by atoms with E-state index in [4.69, 9.17) is 0 Å². The first-order valence-corrected chi connectivity index (χ1v) is 6.42. The topological polar surface area (TPSA) is 49.4 Å². The van der Waals surface area contributed by atoms with E-state index in [2.05, 4.69) is 5.32 Å². The lowest BCUT2D eigenvalue weighted by molar-refractivity contribution is -0.121. The van der Waals surface area contributed by atoms with Crippen LogP contribution in [0.2, 0.25) is 0 Å². The molecule has 1 saturated heterocycles. The van der Waals surface area contributed by atoms with Crippen molar-refractivity contribution in [3.63, 3.8) is 0 Å². The van der Waals surface area contributed by atoms with Gasteiger partial charge in [0.25, 0.3) is 0 Å². The smallest absolute Gasteiger partial charge is 0.227 e. The Labute approximate surface area is 111 Å². The number of rotatable bonds is 4. The highest BCUT2D eigenvalue weighted by molar-refractivity contribution is 5.95. The minimum atomic E-state index is -0.317. The molecular formula is C14H17FN2O2. The van der Waals surface area contributed by atoms with Crippen LogP contribution in [-0.2, 0) is 9.59 Å². The molecule has 1 aliphatic rings. The predicted molar refractivity (Wildman–Crippen MR) is 70.2 cm³/mol. The summed E-state index contributed by atoms with van der Waals surface area (Å²) in [7, 11) is 0. The number of halogens is 1. The van der Waals surface area contributed by atoms with Crippen LogP contribution >= 0.6 is 0 Å². The summed E-state index contributed by atoms with van der Waals surface area (Å²) in [5.74, 6) is -0.190. The lowest BCUT2D eigenvalue weighted by Gasteiger charge is -2.16. The molecule has 1 aromatic carbocycles. The summed E-state index contributed by atoms with van der Waals surface area (Å²) in [6, 6.07) is 5.88. The Kier molecular flexibility index (Phi) is 4.14. The molecule has 0 bridgehead atoms. The van der Waals surface area contributed by atoms with Crippen LogP contribution in [0.25, 0.3) is 0 Å². The fourth-order valence-electron chi connectivity index (χ4n) is 2.17. The fourth-order valence-corrected chi connectivity index (χ4v) is 2.17. The summed E-state index contributed by atoms with van der Waals surface area (Å²) < 4.78 is 12.8. The minimum absolute atomic E-state index is 0.00678. The standard InChI is InChI=1S/C14H17FN2O2/c1-2-13(18)16-8-10-7-14(19)17(9-10)12-5-3-11(15)4-6-12/h3-6,10H,2,7-9H2,1H3,(H,16,18)/t10-/m0/s1. The van der Waals surface area contributed by atoms with E-state index in [0.717, 1.165) is 0 Å². The van der Waals surface area contributed by atoms with E-state index in [9.17, 15) is 14.0 Å². The van der Waals surface area contributed by atoms with Crippen LogP contribution in [-0.4, -0.2) is 24.9 Å². The van der Waals surface area contributed by atoms with Crippen LogP contribution in [0, 0.1) is 11.7 Å². The summed E-state index contributed by atoms with van der Waals surface area (Å²) in [4.78, 5) is 24.7. The van der Waals surface area contributed by atoms with Crippen molar-refractivity contribution in [1.82, 2.24) is 5.32 Å². The van der Waals surface area contributed by atoms with E-state index in [1.807, 2.05) is 0 Å². The van der Waals surface area contributed by atoms with Crippen molar-refractivity contribution in [2.45, 2.75) is 19.8 Å². The number of benzene rings is 1. The third kappa shape index (κ3) is 3.30. The number of carbonyl (C=O) groups excluding carboxylic acids is 2. The molecule has 1 fully saturated rings. The van der Waals surface area contributed by atoms with Gasteiger partial charge in [0.05, 0.1) is 0 Å². The lowest BCUT2D eigenvalue weighted by Crippen LogP contribution is -2.30. The van der Waals surface area contributed by atoms with Gasteiger partial charge >= 0.3 is 0 Å². The van der Waals surface area contributed by atoms with Crippen molar-refractivity contribution in [3.05, 3.63) is 30.1 Å². The Bertz CT molecular complexity index is 473. The van der Waals surface area contributed by atoms with Crippen LogP contribution in [0.5, 0.6) is 0 Å². The van der Waals surface area contributed by atoms with E-state index in [0.29, 0.717) is 31.6 Å². The molecule has 1 atom stereocenters. The molecular weight excluding hydrogens is 247 g/mol. The van der Waals surface area contributed by atoms with Gasteiger partial charge in [0.1, 0.15) is 5.82 Å². The fraction of sp³-hybridized carbons (Fsp3) is 0.429. The van der Waals surface area contributed by atoms with E-state index >= 15 is 0 Å². The Morgan fingerprint density at radius 2 is 2.11 bits per heavy atom. The summed E-state index contributed by atoms with van der Waals surface area (Å²) in [5, 5.41) is 2.80. The van der Waals surface area contributed by atoms with Crippen molar-refractivity contribution in [1.29, 1.82) is 0 Å². The number of nitrogens with one attached hydrogen (secondary N) is 1. The average Bonchev–Trinajstić information content (AvgIpc) is 2.78. The zero-order valence-electron chi connectivity index (χ0n) is 10.9. The maximum atomic E-state index is 12.8. The molecule has 19 heavy (non-hydrogen) atoms. The highest BCUT2D eigenvalue weighted by atomic mass is 19.1. The number of hydrogen-bond donors (Lipinski definition) is 1. The second-order valence-electron chi connectivity index (χ2n) is 4.71. The van der Waals surface area contributed by atoms with Gasteiger partial charge in [-0.25, -0.2) is 4.39 Å². The van der Waals surface area contributed by atoms with Crippen molar-refractivity contribution >= 4 is 17.5 Å². The normalized spacial score (nSPS) is 18.7. The second-order valence-corrected chi connectivity index (χ2v) is 4.71. The van der Waals surface area contributed by atoms with Gasteiger partial charge in [-0.1, -0.05) is 6.92 Å². The van der Waals surface area contributed by atoms with Gasteiger partial charge in [-0.15, -0.1) is 0 Å². The van der Waals surface area contributed by atoms with Gasteiger partial charge < -0.3 is 10.2 Å². The first kappa shape index (κ1) is 13.5. The molecule has 5 heteroatoms. The van der Waals surface area contributed by atoms with Crippen LogP contribution < -0.4 is 10.2 Å². The van der Waals surface area contributed by atoms with Gasteiger partial charge in [0.2, 0.25) is 11.8 Å². The first-order chi connectivity index (χ1) is 9.10. The summed E-state index contributed by atoms with van der Waals surface area (Å²) in [6.07, 6.45) is 0.865. The Balaban J connectivity index is 1.96. The Morgan fingerprint density at radius 3 is 2.74 bits per heavy atom.